The predicted molar refractivity (Wildman–Crippen MR) is 112 cm³/mol. The van der Waals surface area contributed by atoms with Crippen LogP contribution < -0.4 is 5.32 Å². The number of amides is 2. The van der Waals surface area contributed by atoms with Crippen LogP contribution in [0.15, 0.2) is 48.5 Å². The Kier molecular flexibility index (Phi) is 4.68. The number of carboxylic acid groups (broad SMARTS) is 1. The number of likely N-dealkylation sites (tertiary alicyclic amines) is 1. The number of alkyl carbamates (subject to hydrolysis) is 1. The molecule has 31 heavy (non-hydrogen) atoms. The van der Waals surface area contributed by atoms with Crippen molar-refractivity contribution in [3.63, 3.8) is 0 Å². The molecular weight excluding hydrogens is 396 g/mol. The lowest BCUT2D eigenvalue weighted by molar-refractivity contribution is -0.141. The van der Waals surface area contributed by atoms with Gasteiger partial charge in [-0.1, -0.05) is 48.5 Å². The third-order valence-electron chi connectivity index (χ3n) is 6.84. The van der Waals surface area contributed by atoms with E-state index >= 15 is 0 Å². The number of hydrogen-bond acceptors (Lipinski definition) is 4. The molecule has 2 aromatic rings. The van der Waals surface area contributed by atoms with E-state index in [1.807, 2.05) is 24.3 Å². The summed E-state index contributed by atoms with van der Waals surface area (Å²) in [4.78, 5) is 37.7. The van der Waals surface area contributed by atoms with Gasteiger partial charge in [-0.05, 0) is 41.0 Å². The average Bonchev–Trinajstić information content (AvgIpc) is 3.13. The van der Waals surface area contributed by atoms with E-state index < -0.39 is 18.1 Å². The Morgan fingerprint density at radius 1 is 1.03 bits per heavy atom. The van der Waals surface area contributed by atoms with Crippen LogP contribution in [-0.2, 0) is 14.3 Å². The van der Waals surface area contributed by atoms with E-state index in [0.29, 0.717) is 13.1 Å². The van der Waals surface area contributed by atoms with Gasteiger partial charge in [0, 0.05) is 19.0 Å². The number of nitrogens with zero attached hydrogens (tertiary/aromatic N) is 1. The predicted octanol–water partition coefficient (Wildman–Crippen LogP) is 2.70. The van der Waals surface area contributed by atoms with Gasteiger partial charge in [0.05, 0.1) is 5.92 Å². The van der Waals surface area contributed by atoms with Gasteiger partial charge in [0.25, 0.3) is 0 Å². The Hall–Kier alpha value is -3.35. The molecule has 0 radical (unpaired) electrons. The van der Waals surface area contributed by atoms with Crippen molar-refractivity contribution >= 4 is 18.0 Å². The van der Waals surface area contributed by atoms with E-state index in [0.717, 1.165) is 22.3 Å². The third kappa shape index (κ3) is 3.34. The summed E-state index contributed by atoms with van der Waals surface area (Å²) in [6.45, 7) is 2.70. The minimum Gasteiger partial charge on any atom is -0.481 e. The van der Waals surface area contributed by atoms with Gasteiger partial charge < -0.3 is 20.1 Å². The maximum Gasteiger partial charge on any atom is 0.407 e. The Labute approximate surface area is 180 Å². The van der Waals surface area contributed by atoms with Crippen molar-refractivity contribution in [2.24, 2.45) is 17.8 Å². The van der Waals surface area contributed by atoms with Gasteiger partial charge in [0.2, 0.25) is 5.91 Å². The minimum absolute atomic E-state index is 0.0391. The molecule has 2 aliphatic carbocycles. The third-order valence-corrected chi connectivity index (χ3v) is 6.84. The second-order valence-corrected chi connectivity index (χ2v) is 8.63. The van der Waals surface area contributed by atoms with E-state index in [-0.39, 0.29) is 36.2 Å². The fourth-order valence-corrected chi connectivity index (χ4v) is 5.23. The molecule has 2 amide bonds. The van der Waals surface area contributed by atoms with Crippen LogP contribution in [0.1, 0.15) is 24.0 Å². The molecule has 1 saturated carbocycles. The van der Waals surface area contributed by atoms with Crippen molar-refractivity contribution in [3.05, 3.63) is 59.7 Å². The van der Waals surface area contributed by atoms with Gasteiger partial charge in [-0.3, -0.25) is 9.59 Å². The van der Waals surface area contributed by atoms with Crippen LogP contribution >= 0.6 is 0 Å². The molecule has 1 heterocycles. The molecule has 0 aromatic heterocycles. The van der Waals surface area contributed by atoms with Crippen LogP contribution in [0.4, 0.5) is 4.79 Å². The first-order valence-corrected chi connectivity index (χ1v) is 10.6. The van der Waals surface area contributed by atoms with Crippen LogP contribution in [0.2, 0.25) is 0 Å². The van der Waals surface area contributed by atoms with Gasteiger partial charge in [-0.2, -0.15) is 0 Å². The number of piperidine rings is 1. The number of fused-ring (bicyclic) bond motifs is 4. The quantitative estimate of drug-likeness (QED) is 0.775. The number of nitrogens with one attached hydrogen (secondary N) is 1. The van der Waals surface area contributed by atoms with Crippen LogP contribution in [0, 0.1) is 17.8 Å². The number of ether oxygens (including phenoxy) is 1. The molecule has 160 valence electrons. The van der Waals surface area contributed by atoms with E-state index in [2.05, 4.69) is 29.6 Å². The largest absolute Gasteiger partial charge is 0.481 e. The number of aliphatic carboxylic acids is 1. The van der Waals surface area contributed by atoms with Gasteiger partial charge in [0.1, 0.15) is 12.6 Å². The summed E-state index contributed by atoms with van der Waals surface area (Å²) >= 11 is 0. The van der Waals surface area contributed by atoms with Crippen LogP contribution in [0.25, 0.3) is 11.1 Å². The van der Waals surface area contributed by atoms with Gasteiger partial charge in [0.15, 0.2) is 0 Å². The second-order valence-electron chi connectivity index (χ2n) is 8.63. The van der Waals surface area contributed by atoms with Crippen molar-refractivity contribution < 1.29 is 24.2 Å². The van der Waals surface area contributed by atoms with Gasteiger partial charge in [-0.25, -0.2) is 4.79 Å². The molecule has 2 unspecified atom stereocenters. The molecule has 7 heteroatoms. The first-order valence-electron chi connectivity index (χ1n) is 10.6. The molecule has 2 N–H and O–H groups in total. The normalized spacial score (nSPS) is 24.0. The van der Waals surface area contributed by atoms with Crippen molar-refractivity contribution in [1.29, 1.82) is 0 Å². The monoisotopic (exact) mass is 420 g/mol. The lowest BCUT2D eigenvalue weighted by Gasteiger charge is -2.23. The zero-order valence-corrected chi connectivity index (χ0v) is 17.2. The standard InChI is InChI=1S/C24H24N2O5/c1-13(22(27)26-10-18-19(11-26)21(18)23(28)29)25-24(30)31-12-20-16-8-4-2-6-14(16)15-7-3-5-9-17(15)20/h2-9,13,18-21H,10-12H2,1H3,(H,25,30)(H,28,29)/t13-,18?,19?,21?/m1/s1. The van der Waals surface area contributed by atoms with Crippen LogP contribution in [0.3, 0.4) is 0 Å². The highest BCUT2D eigenvalue weighted by molar-refractivity contribution is 5.86. The Morgan fingerprint density at radius 3 is 2.13 bits per heavy atom. The lowest BCUT2D eigenvalue weighted by Crippen LogP contribution is -2.47. The van der Waals surface area contributed by atoms with E-state index in [4.69, 9.17) is 9.84 Å². The summed E-state index contributed by atoms with van der Waals surface area (Å²) in [7, 11) is 0. The minimum atomic E-state index is -0.785. The molecule has 1 saturated heterocycles. The number of hydrogen-bond donors (Lipinski definition) is 2. The van der Waals surface area contributed by atoms with Crippen molar-refractivity contribution in [3.8, 4) is 11.1 Å². The highest BCUT2D eigenvalue weighted by atomic mass is 16.5. The molecule has 7 nitrogen and oxygen atoms in total. The molecule has 0 bridgehead atoms. The second kappa shape index (κ2) is 7.41. The smallest absolute Gasteiger partial charge is 0.407 e. The van der Waals surface area contributed by atoms with E-state index in [1.165, 1.54) is 0 Å². The topological polar surface area (TPSA) is 95.9 Å². The van der Waals surface area contributed by atoms with Crippen molar-refractivity contribution in [2.45, 2.75) is 18.9 Å². The summed E-state index contributed by atoms with van der Waals surface area (Å²) in [5, 5.41) is 11.7. The highest BCUT2D eigenvalue weighted by Crippen LogP contribution is 2.51. The summed E-state index contributed by atoms with van der Waals surface area (Å²) in [6.07, 6.45) is -0.629. The fourth-order valence-electron chi connectivity index (χ4n) is 5.23. The molecule has 2 fully saturated rings. The molecule has 3 atom stereocenters. The first-order chi connectivity index (χ1) is 15.0. The zero-order valence-electron chi connectivity index (χ0n) is 17.2. The highest BCUT2D eigenvalue weighted by Gasteiger charge is 2.60. The number of benzene rings is 2. The number of rotatable bonds is 5. The Bertz CT molecular complexity index is 1010. The van der Waals surface area contributed by atoms with Gasteiger partial charge in [-0.15, -0.1) is 0 Å². The Morgan fingerprint density at radius 2 is 1.58 bits per heavy atom. The first kappa shape index (κ1) is 19.6. The number of carbonyl (C=O) groups is 3. The number of carboxylic acids is 1. The maximum atomic E-state index is 12.6. The van der Waals surface area contributed by atoms with E-state index in [1.54, 1.807) is 11.8 Å². The number of carbonyl (C=O) groups excluding carboxylic acids is 2. The summed E-state index contributed by atoms with van der Waals surface area (Å²) in [5.74, 6) is -1.26. The van der Waals surface area contributed by atoms with Crippen molar-refractivity contribution in [2.75, 3.05) is 19.7 Å². The SMILES string of the molecule is C[C@@H](NC(=O)OCC1c2ccccc2-c2ccccc21)C(=O)N1CC2C(C1)C2C(=O)O. The van der Waals surface area contributed by atoms with Crippen molar-refractivity contribution in [1.82, 2.24) is 10.2 Å². The zero-order chi connectivity index (χ0) is 21.7. The molecule has 3 aliphatic rings. The van der Waals surface area contributed by atoms with Crippen LogP contribution in [-0.4, -0.2) is 53.7 Å². The summed E-state index contributed by atoms with van der Waals surface area (Å²) in [5.41, 5.74) is 4.57. The fraction of sp³-hybridized carbons (Fsp3) is 0.375. The summed E-state index contributed by atoms with van der Waals surface area (Å²) < 4.78 is 5.50. The molecule has 1 aliphatic heterocycles. The molecule has 5 rings (SSSR count). The molecular formula is C24H24N2O5. The summed E-state index contributed by atoms with van der Waals surface area (Å²) in [6, 6.07) is 15.5. The Balaban J connectivity index is 1.17. The molecule has 2 aromatic carbocycles. The van der Waals surface area contributed by atoms with E-state index in [9.17, 15) is 14.4 Å². The van der Waals surface area contributed by atoms with Gasteiger partial charge >= 0.3 is 12.1 Å². The molecule has 0 spiro atoms. The van der Waals surface area contributed by atoms with Crippen LogP contribution in [0.5, 0.6) is 0 Å². The maximum absolute atomic E-state index is 12.6. The lowest BCUT2D eigenvalue weighted by atomic mass is 9.98. The average molecular weight is 420 g/mol.